The quantitative estimate of drug-likeness (QED) is 0.828. The van der Waals surface area contributed by atoms with E-state index in [4.69, 9.17) is 0 Å². The van der Waals surface area contributed by atoms with Gasteiger partial charge in [-0.3, -0.25) is 4.79 Å². The number of alkyl halides is 2. The lowest BCUT2D eigenvalue weighted by molar-refractivity contribution is -0.146. The van der Waals surface area contributed by atoms with Crippen molar-refractivity contribution in [3.05, 3.63) is 35.6 Å². The number of carbonyl (C=O) groups excluding carboxylic acids is 1. The van der Waals surface area contributed by atoms with Gasteiger partial charge in [-0.05, 0) is 43.4 Å². The Labute approximate surface area is 121 Å². The smallest absolute Gasteiger partial charge is 0.252 e. The Kier molecular flexibility index (Phi) is 3.46. The van der Waals surface area contributed by atoms with Crippen molar-refractivity contribution in [1.82, 2.24) is 4.90 Å². The molecule has 21 heavy (non-hydrogen) atoms. The number of benzene rings is 1. The molecule has 0 aromatic heterocycles. The molecule has 1 aromatic carbocycles. The van der Waals surface area contributed by atoms with E-state index in [1.165, 1.54) is 12.1 Å². The van der Waals surface area contributed by atoms with Crippen LogP contribution in [0.3, 0.4) is 0 Å². The van der Waals surface area contributed by atoms with Crippen LogP contribution in [0.4, 0.5) is 13.2 Å². The van der Waals surface area contributed by atoms with Crippen molar-refractivity contribution in [1.29, 1.82) is 0 Å². The zero-order chi connectivity index (χ0) is 15.2. The van der Waals surface area contributed by atoms with Crippen LogP contribution in [0.25, 0.3) is 0 Å². The molecule has 0 aliphatic carbocycles. The second-order valence-corrected chi connectivity index (χ2v) is 6.03. The van der Waals surface area contributed by atoms with Crippen molar-refractivity contribution >= 4 is 5.91 Å². The molecule has 0 N–H and O–H groups in total. The number of fused-ring (bicyclic) bond motifs is 1. The Morgan fingerprint density at radius 1 is 1.38 bits per heavy atom. The van der Waals surface area contributed by atoms with Crippen molar-refractivity contribution in [2.45, 2.75) is 51.1 Å². The fourth-order valence-corrected chi connectivity index (χ4v) is 3.83. The third-order valence-electron chi connectivity index (χ3n) is 5.04. The number of hydrogen-bond acceptors (Lipinski definition) is 1. The van der Waals surface area contributed by atoms with Crippen LogP contribution in [0.5, 0.6) is 0 Å². The summed E-state index contributed by atoms with van der Waals surface area (Å²) >= 11 is 0. The highest BCUT2D eigenvalue weighted by molar-refractivity contribution is 5.86. The standard InChI is InChI=1S/C16H18F3NO/c1-2-16(14(18)19)9-12-6-7-13(20(12)15(16)21)10-4-3-5-11(17)8-10/h3-5,8,12-14H,2,6-7,9H2,1H3/t12-,13-,16+/m1/s1. The molecular formula is C16H18F3NO. The molecule has 2 aliphatic heterocycles. The van der Waals surface area contributed by atoms with Crippen LogP contribution in [0.15, 0.2) is 24.3 Å². The Morgan fingerprint density at radius 2 is 2.14 bits per heavy atom. The second-order valence-electron chi connectivity index (χ2n) is 6.03. The second kappa shape index (κ2) is 5.04. The number of nitrogens with zero attached hydrogens (tertiary/aromatic N) is 1. The van der Waals surface area contributed by atoms with Gasteiger partial charge in [-0.25, -0.2) is 13.2 Å². The van der Waals surface area contributed by atoms with Gasteiger partial charge in [0.05, 0.1) is 6.04 Å². The van der Waals surface area contributed by atoms with Gasteiger partial charge in [0.25, 0.3) is 6.43 Å². The van der Waals surface area contributed by atoms with Gasteiger partial charge in [0.2, 0.25) is 5.91 Å². The SMILES string of the molecule is CC[C@@]1(C(F)F)C[C@H]2CC[C@H](c3cccc(F)c3)N2C1=O. The van der Waals surface area contributed by atoms with Crippen LogP contribution in [-0.2, 0) is 4.79 Å². The summed E-state index contributed by atoms with van der Waals surface area (Å²) in [5.74, 6) is -0.824. The zero-order valence-electron chi connectivity index (χ0n) is 11.9. The highest BCUT2D eigenvalue weighted by Crippen LogP contribution is 2.52. The molecule has 0 spiro atoms. The first-order valence-corrected chi connectivity index (χ1v) is 7.36. The van der Waals surface area contributed by atoms with E-state index < -0.39 is 17.7 Å². The van der Waals surface area contributed by atoms with Crippen molar-refractivity contribution in [2.75, 3.05) is 0 Å². The molecule has 2 aliphatic rings. The molecule has 1 aromatic rings. The summed E-state index contributed by atoms with van der Waals surface area (Å²) in [6.45, 7) is 1.64. The normalized spacial score (nSPS) is 32.0. The number of hydrogen-bond donors (Lipinski definition) is 0. The predicted octanol–water partition coefficient (Wildman–Crippen LogP) is 3.92. The summed E-state index contributed by atoms with van der Waals surface area (Å²) in [5.41, 5.74) is -0.844. The Hall–Kier alpha value is -1.52. The van der Waals surface area contributed by atoms with E-state index in [1.807, 2.05) is 0 Å². The summed E-state index contributed by atoms with van der Waals surface area (Å²) in [7, 11) is 0. The zero-order valence-corrected chi connectivity index (χ0v) is 11.9. The van der Waals surface area contributed by atoms with Crippen LogP contribution in [0, 0.1) is 11.2 Å². The average Bonchev–Trinajstić information content (AvgIpc) is 2.98. The van der Waals surface area contributed by atoms with Gasteiger partial charge in [-0.15, -0.1) is 0 Å². The molecule has 0 saturated carbocycles. The van der Waals surface area contributed by atoms with Gasteiger partial charge in [-0.2, -0.15) is 0 Å². The minimum atomic E-state index is -2.64. The average molecular weight is 297 g/mol. The lowest BCUT2D eigenvalue weighted by Crippen LogP contribution is -2.40. The summed E-state index contributed by atoms with van der Waals surface area (Å²) in [6, 6.07) is 5.69. The van der Waals surface area contributed by atoms with E-state index in [0.29, 0.717) is 18.4 Å². The summed E-state index contributed by atoms with van der Waals surface area (Å²) in [4.78, 5) is 14.2. The van der Waals surface area contributed by atoms with Crippen LogP contribution in [0.2, 0.25) is 0 Å². The van der Waals surface area contributed by atoms with Gasteiger partial charge >= 0.3 is 0 Å². The first-order valence-electron chi connectivity index (χ1n) is 7.36. The van der Waals surface area contributed by atoms with Crippen molar-refractivity contribution in [3.8, 4) is 0 Å². The lowest BCUT2D eigenvalue weighted by atomic mass is 9.81. The molecule has 0 radical (unpaired) electrons. The molecule has 1 amide bonds. The highest BCUT2D eigenvalue weighted by Gasteiger charge is 2.59. The third kappa shape index (κ3) is 2.05. The van der Waals surface area contributed by atoms with Crippen molar-refractivity contribution in [2.24, 2.45) is 5.41 Å². The molecule has 114 valence electrons. The fourth-order valence-electron chi connectivity index (χ4n) is 3.83. The molecule has 0 bridgehead atoms. The topological polar surface area (TPSA) is 20.3 Å². The van der Waals surface area contributed by atoms with Gasteiger partial charge in [0.1, 0.15) is 11.2 Å². The van der Waals surface area contributed by atoms with Crippen molar-refractivity contribution in [3.63, 3.8) is 0 Å². The maximum Gasteiger partial charge on any atom is 0.252 e. The molecule has 2 heterocycles. The molecule has 3 atom stereocenters. The Bertz CT molecular complexity index is 562. The first-order chi connectivity index (χ1) is 9.99. The highest BCUT2D eigenvalue weighted by atomic mass is 19.3. The van der Waals surface area contributed by atoms with Crippen LogP contribution >= 0.6 is 0 Å². The number of carbonyl (C=O) groups is 1. The molecule has 2 nitrogen and oxygen atoms in total. The predicted molar refractivity (Wildman–Crippen MR) is 72.4 cm³/mol. The van der Waals surface area contributed by atoms with Crippen molar-refractivity contribution < 1.29 is 18.0 Å². The van der Waals surface area contributed by atoms with Crippen LogP contribution < -0.4 is 0 Å². The van der Waals surface area contributed by atoms with Crippen LogP contribution in [0.1, 0.15) is 44.2 Å². The Balaban J connectivity index is 1.94. The minimum absolute atomic E-state index is 0.139. The number of halogens is 3. The van der Waals surface area contributed by atoms with Gasteiger partial charge < -0.3 is 4.90 Å². The van der Waals surface area contributed by atoms with E-state index in [0.717, 1.165) is 0 Å². The van der Waals surface area contributed by atoms with E-state index in [1.54, 1.807) is 24.0 Å². The minimum Gasteiger partial charge on any atom is -0.332 e. The van der Waals surface area contributed by atoms with Crippen LogP contribution in [-0.4, -0.2) is 23.3 Å². The maximum atomic E-state index is 13.4. The first kappa shape index (κ1) is 14.4. The summed E-state index contributed by atoms with van der Waals surface area (Å²) in [6.07, 6.45) is -0.864. The molecule has 2 saturated heterocycles. The fraction of sp³-hybridized carbons (Fsp3) is 0.562. The molecule has 2 fully saturated rings. The van der Waals surface area contributed by atoms with Gasteiger partial charge in [-0.1, -0.05) is 19.1 Å². The number of amides is 1. The maximum absolute atomic E-state index is 13.4. The largest absolute Gasteiger partial charge is 0.332 e. The summed E-state index contributed by atoms with van der Waals surface area (Å²) in [5, 5.41) is 0. The van der Waals surface area contributed by atoms with E-state index in [9.17, 15) is 18.0 Å². The number of rotatable bonds is 3. The summed E-state index contributed by atoms with van der Waals surface area (Å²) < 4.78 is 40.3. The van der Waals surface area contributed by atoms with Gasteiger partial charge in [0, 0.05) is 6.04 Å². The molecular weight excluding hydrogens is 279 g/mol. The monoisotopic (exact) mass is 297 g/mol. The van der Waals surface area contributed by atoms with E-state index in [-0.39, 0.29) is 30.7 Å². The van der Waals surface area contributed by atoms with Gasteiger partial charge in [0.15, 0.2) is 0 Å². The third-order valence-corrected chi connectivity index (χ3v) is 5.04. The van der Waals surface area contributed by atoms with E-state index in [2.05, 4.69) is 0 Å². The lowest BCUT2D eigenvalue weighted by Gasteiger charge is -2.29. The molecule has 3 rings (SSSR count). The molecule has 5 heteroatoms. The van der Waals surface area contributed by atoms with E-state index >= 15 is 0 Å². The Morgan fingerprint density at radius 3 is 2.76 bits per heavy atom. The molecule has 0 unspecified atom stereocenters.